The van der Waals surface area contributed by atoms with Crippen LogP contribution in [0.3, 0.4) is 0 Å². The van der Waals surface area contributed by atoms with Gasteiger partial charge in [-0.2, -0.15) is 10.2 Å². The largest absolute Gasteiger partial charge is 0.389 e. The third kappa shape index (κ3) is 2.34. The van der Waals surface area contributed by atoms with Crippen molar-refractivity contribution in [1.82, 2.24) is 19.6 Å². The summed E-state index contributed by atoms with van der Waals surface area (Å²) in [5.41, 5.74) is 9.52. The Kier molecular flexibility index (Phi) is 3.31. The average molecular weight is 297 g/mol. The highest BCUT2D eigenvalue weighted by atomic mass is 32.1. The molecule has 21 heavy (non-hydrogen) atoms. The lowest BCUT2D eigenvalue weighted by atomic mass is 10.1. The highest BCUT2D eigenvalue weighted by Gasteiger charge is 2.18. The van der Waals surface area contributed by atoms with Crippen molar-refractivity contribution >= 4 is 17.2 Å². The number of nitrogens with two attached hydrogens (primary N) is 1. The highest BCUT2D eigenvalue weighted by molar-refractivity contribution is 7.80. The van der Waals surface area contributed by atoms with E-state index in [-0.39, 0.29) is 0 Å². The van der Waals surface area contributed by atoms with Gasteiger partial charge < -0.3 is 5.73 Å². The summed E-state index contributed by atoms with van der Waals surface area (Å²) >= 11 is 5.13. The van der Waals surface area contributed by atoms with Crippen LogP contribution in [-0.4, -0.2) is 24.5 Å². The molecular weight excluding hydrogens is 282 g/mol. The second-order valence-corrected chi connectivity index (χ2v) is 5.25. The Hall–Kier alpha value is -2.47. The van der Waals surface area contributed by atoms with Gasteiger partial charge in [0.1, 0.15) is 4.99 Å². The van der Waals surface area contributed by atoms with Gasteiger partial charge in [0.2, 0.25) is 0 Å². The zero-order chi connectivity index (χ0) is 15.0. The van der Waals surface area contributed by atoms with Crippen LogP contribution in [0.15, 0.2) is 42.7 Å². The highest BCUT2D eigenvalue weighted by Crippen LogP contribution is 2.22. The number of nitrogens with zero attached hydrogens (tertiary/aromatic N) is 4. The Labute approximate surface area is 128 Å². The van der Waals surface area contributed by atoms with Crippen molar-refractivity contribution in [3.63, 3.8) is 0 Å². The van der Waals surface area contributed by atoms with E-state index >= 15 is 0 Å². The Morgan fingerprint density at radius 2 is 1.90 bits per heavy atom. The molecule has 2 N–H and O–H groups in total. The molecule has 0 fully saturated rings. The van der Waals surface area contributed by atoms with Crippen LogP contribution in [0, 0.1) is 6.92 Å². The molecule has 2 aromatic heterocycles. The fourth-order valence-corrected chi connectivity index (χ4v) is 2.65. The van der Waals surface area contributed by atoms with Crippen molar-refractivity contribution in [2.24, 2.45) is 12.8 Å². The SMILES string of the molecule is Cc1nn(C)c(-n2cc(-c3ccccc3)cn2)c1C(N)=S. The third-order valence-corrected chi connectivity index (χ3v) is 3.55. The molecule has 3 aromatic rings. The lowest BCUT2D eigenvalue weighted by molar-refractivity contribution is 0.693. The first kappa shape index (κ1) is 13.5. The van der Waals surface area contributed by atoms with Crippen LogP contribution in [0.2, 0.25) is 0 Å². The second-order valence-electron chi connectivity index (χ2n) is 4.81. The van der Waals surface area contributed by atoms with Crippen molar-refractivity contribution in [2.45, 2.75) is 6.92 Å². The van der Waals surface area contributed by atoms with Crippen molar-refractivity contribution < 1.29 is 0 Å². The predicted molar refractivity (Wildman–Crippen MR) is 86.4 cm³/mol. The molecule has 0 aliphatic heterocycles. The summed E-state index contributed by atoms with van der Waals surface area (Å²) in [5.74, 6) is 0.780. The number of hydrogen-bond donors (Lipinski definition) is 1. The molecule has 0 aliphatic carbocycles. The van der Waals surface area contributed by atoms with Gasteiger partial charge in [-0.3, -0.25) is 4.68 Å². The molecule has 6 heteroatoms. The van der Waals surface area contributed by atoms with Crippen molar-refractivity contribution in [3.05, 3.63) is 54.0 Å². The van der Waals surface area contributed by atoms with Gasteiger partial charge in [-0.05, 0) is 12.5 Å². The van der Waals surface area contributed by atoms with Gasteiger partial charge in [-0.1, -0.05) is 42.5 Å². The van der Waals surface area contributed by atoms with Gasteiger partial charge in [-0.25, -0.2) is 4.68 Å². The van der Waals surface area contributed by atoms with Crippen molar-refractivity contribution in [3.8, 4) is 16.9 Å². The number of hydrogen-bond acceptors (Lipinski definition) is 3. The monoisotopic (exact) mass is 297 g/mol. The second kappa shape index (κ2) is 5.14. The first-order valence-corrected chi connectivity index (χ1v) is 6.92. The van der Waals surface area contributed by atoms with Crippen LogP contribution in [0.1, 0.15) is 11.3 Å². The number of rotatable bonds is 3. The number of benzene rings is 1. The van der Waals surface area contributed by atoms with Crippen LogP contribution < -0.4 is 5.73 Å². The quantitative estimate of drug-likeness (QED) is 0.753. The first-order chi connectivity index (χ1) is 10.1. The standard InChI is InChI=1S/C15H15N5S/c1-10-13(14(16)21)15(19(2)18-10)20-9-12(8-17-20)11-6-4-3-5-7-11/h3-9H,1-2H3,(H2,16,21). The molecule has 0 bridgehead atoms. The van der Waals surface area contributed by atoms with Gasteiger partial charge in [-0.15, -0.1) is 0 Å². The molecule has 0 unspecified atom stereocenters. The Balaban J connectivity index is 2.11. The van der Waals surface area contributed by atoms with E-state index in [1.54, 1.807) is 9.36 Å². The predicted octanol–water partition coefficient (Wildman–Crippen LogP) is 2.22. The van der Waals surface area contributed by atoms with E-state index in [0.29, 0.717) is 4.99 Å². The maximum absolute atomic E-state index is 5.82. The van der Waals surface area contributed by atoms with Gasteiger partial charge in [0.25, 0.3) is 0 Å². The summed E-state index contributed by atoms with van der Waals surface area (Å²) in [6, 6.07) is 10.1. The van der Waals surface area contributed by atoms with E-state index < -0.39 is 0 Å². The lowest BCUT2D eigenvalue weighted by Crippen LogP contribution is -2.15. The van der Waals surface area contributed by atoms with Crippen LogP contribution in [-0.2, 0) is 7.05 Å². The topological polar surface area (TPSA) is 61.7 Å². The van der Waals surface area contributed by atoms with Gasteiger partial charge >= 0.3 is 0 Å². The maximum atomic E-state index is 5.82. The molecule has 0 saturated carbocycles. The summed E-state index contributed by atoms with van der Waals surface area (Å²) in [6.07, 6.45) is 3.77. The molecule has 0 spiro atoms. The average Bonchev–Trinajstić information content (AvgIpc) is 3.04. The minimum Gasteiger partial charge on any atom is -0.389 e. The third-order valence-electron chi connectivity index (χ3n) is 3.35. The summed E-state index contributed by atoms with van der Waals surface area (Å²) in [5, 5.41) is 8.80. The molecule has 0 aliphatic rings. The van der Waals surface area contributed by atoms with Crippen LogP contribution in [0.25, 0.3) is 16.9 Å². The Morgan fingerprint density at radius 3 is 2.57 bits per heavy atom. The van der Waals surface area contributed by atoms with Crippen LogP contribution >= 0.6 is 12.2 Å². The minimum atomic E-state index is 0.326. The summed E-state index contributed by atoms with van der Waals surface area (Å²) in [6.45, 7) is 1.89. The van der Waals surface area contributed by atoms with Gasteiger partial charge in [0.05, 0.1) is 17.5 Å². The van der Waals surface area contributed by atoms with Crippen LogP contribution in [0.4, 0.5) is 0 Å². The minimum absolute atomic E-state index is 0.326. The molecule has 0 saturated heterocycles. The van der Waals surface area contributed by atoms with E-state index in [0.717, 1.165) is 28.2 Å². The summed E-state index contributed by atoms with van der Waals surface area (Å²) in [7, 11) is 1.86. The number of thiocarbonyl (C=S) groups is 1. The van der Waals surface area contributed by atoms with E-state index in [2.05, 4.69) is 10.2 Å². The molecular formula is C15H15N5S. The number of aryl methyl sites for hydroxylation is 2. The van der Waals surface area contributed by atoms with E-state index in [9.17, 15) is 0 Å². The molecule has 0 atom stereocenters. The van der Waals surface area contributed by atoms with Crippen molar-refractivity contribution in [2.75, 3.05) is 0 Å². The fourth-order valence-electron chi connectivity index (χ4n) is 2.42. The van der Waals surface area contributed by atoms with E-state index in [1.807, 2.05) is 56.7 Å². The molecule has 2 heterocycles. The molecule has 0 amide bonds. The van der Waals surface area contributed by atoms with Gasteiger partial charge in [0.15, 0.2) is 5.82 Å². The first-order valence-electron chi connectivity index (χ1n) is 6.52. The summed E-state index contributed by atoms with van der Waals surface area (Å²) in [4.78, 5) is 0.326. The Bertz CT molecular complexity index is 801. The molecule has 3 rings (SSSR count). The Morgan fingerprint density at radius 1 is 1.19 bits per heavy atom. The smallest absolute Gasteiger partial charge is 0.162 e. The lowest BCUT2D eigenvalue weighted by Gasteiger charge is -2.05. The maximum Gasteiger partial charge on any atom is 0.162 e. The normalized spacial score (nSPS) is 10.8. The summed E-state index contributed by atoms with van der Waals surface area (Å²) < 4.78 is 3.50. The van der Waals surface area contributed by atoms with Crippen molar-refractivity contribution in [1.29, 1.82) is 0 Å². The number of aromatic nitrogens is 4. The van der Waals surface area contributed by atoms with Gasteiger partial charge in [0, 0.05) is 18.8 Å². The molecule has 0 radical (unpaired) electrons. The molecule has 5 nitrogen and oxygen atoms in total. The van der Waals surface area contributed by atoms with Crippen LogP contribution in [0.5, 0.6) is 0 Å². The zero-order valence-electron chi connectivity index (χ0n) is 11.8. The fraction of sp³-hybridized carbons (Fsp3) is 0.133. The zero-order valence-corrected chi connectivity index (χ0v) is 12.6. The van der Waals surface area contributed by atoms with E-state index in [1.165, 1.54) is 0 Å². The van der Waals surface area contributed by atoms with E-state index in [4.69, 9.17) is 18.0 Å². The molecule has 1 aromatic carbocycles. The molecule has 106 valence electrons.